The van der Waals surface area contributed by atoms with Crippen molar-refractivity contribution < 1.29 is 37.0 Å². The fourth-order valence-corrected chi connectivity index (χ4v) is 3.82. The minimum absolute atomic E-state index is 0.0765. The molecule has 0 bridgehead atoms. The second-order valence-electron chi connectivity index (χ2n) is 8.77. The number of urea groups is 1. The van der Waals surface area contributed by atoms with Crippen molar-refractivity contribution in [3.05, 3.63) is 77.1 Å². The first kappa shape index (κ1) is 31.2. The maximum atomic E-state index is 13.0. The number of aromatic nitrogens is 1. The van der Waals surface area contributed by atoms with Gasteiger partial charge < -0.3 is 25.4 Å². The van der Waals surface area contributed by atoms with Crippen molar-refractivity contribution in [2.75, 3.05) is 24.3 Å². The molecule has 3 N–H and O–H groups in total. The van der Waals surface area contributed by atoms with E-state index in [4.69, 9.17) is 16.3 Å². The van der Waals surface area contributed by atoms with Gasteiger partial charge in [-0.25, -0.2) is 4.79 Å². The number of rotatable bonds is 12. The third-order valence-corrected chi connectivity index (χ3v) is 5.99. The Morgan fingerprint density at radius 1 is 0.878 bits per heavy atom. The first-order valence-electron chi connectivity index (χ1n) is 12.6. The van der Waals surface area contributed by atoms with Crippen LogP contribution in [-0.4, -0.2) is 36.5 Å². The minimum Gasteiger partial charge on any atom is -0.469 e. The summed E-state index contributed by atoms with van der Waals surface area (Å²) in [6, 6.07) is 11.6. The molecule has 0 atom stereocenters. The quantitative estimate of drug-likeness (QED) is 0.153. The van der Waals surface area contributed by atoms with Crippen molar-refractivity contribution in [2.24, 2.45) is 0 Å². The maximum Gasteiger partial charge on any atom is 0.417 e. The van der Waals surface area contributed by atoms with E-state index in [1.54, 1.807) is 18.2 Å². The topological polar surface area (TPSA) is 119 Å². The SMILES string of the molecule is COC(=O)CCCCCCNC(=O)c1cc(Oc2ccc(NC(=O)Nc3ccc(Cl)c(C(F)(F)F)c3)cc2)ccn1. The molecule has 0 aliphatic carbocycles. The van der Waals surface area contributed by atoms with Gasteiger partial charge in [-0.2, -0.15) is 13.2 Å². The summed E-state index contributed by atoms with van der Waals surface area (Å²) in [6.45, 7) is 0.466. The Kier molecular flexibility index (Phi) is 11.3. The number of benzene rings is 2. The van der Waals surface area contributed by atoms with Crippen LogP contribution in [0.2, 0.25) is 5.02 Å². The van der Waals surface area contributed by atoms with Crippen LogP contribution in [-0.2, 0) is 15.7 Å². The van der Waals surface area contributed by atoms with Crippen molar-refractivity contribution in [1.29, 1.82) is 0 Å². The van der Waals surface area contributed by atoms with Gasteiger partial charge in [0.05, 0.1) is 17.7 Å². The van der Waals surface area contributed by atoms with Crippen LogP contribution in [0.1, 0.15) is 48.2 Å². The molecule has 0 unspecified atom stereocenters. The Morgan fingerprint density at radius 3 is 2.27 bits per heavy atom. The number of pyridine rings is 1. The number of hydrogen-bond donors (Lipinski definition) is 3. The van der Waals surface area contributed by atoms with Gasteiger partial charge in [0.15, 0.2) is 0 Å². The molecule has 0 aliphatic heterocycles. The van der Waals surface area contributed by atoms with E-state index in [1.807, 2.05) is 0 Å². The van der Waals surface area contributed by atoms with Crippen LogP contribution in [0, 0.1) is 0 Å². The molecule has 41 heavy (non-hydrogen) atoms. The number of esters is 1. The Labute approximate surface area is 239 Å². The Hall–Kier alpha value is -4.32. The second kappa shape index (κ2) is 14.9. The first-order valence-corrected chi connectivity index (χ1v) is 13.0. The number of alkyl halides is 3. The summed E-state index contributed by atoms with van der Waals surface area (Å²) >= 11 is 5.60. The molecule has 0 radical (unpaired) electrons. The highest BCUT2D eigenvalue weighted by Gasteiger charge is 2.33. The Balaban J connectivity index is 1.46. The standard InChI is InChI=1S/C28H28ClF3N4O5/c1-40-25(37)6-4-2-3-5-14-34-26(38)24-17-21(13-15-33-24)41-20-10-7-18(8-11-20)35-27(39)36-19-9-12-23(29)22(16-19)28(30,31)32/h7-13,15-17H,2-6,14H2,1H3,(H,34,38)(H2,35,36,39). The van der Waals surface area contributed by atoms with Crippen LogP contribution < -0.4 is 20.7 Å². The van der Waals surface area contributed by atoms with Crippen molar-refractivity contribution in [2.45, 2.75) is 38.3 Å². The largest absolute Gasteiger partial charge is 0.469 e. The van der Waals surface area contributed by atoms with Gasteiger partial charge in [-0.3, -0.25) is 14.6 Å². The fourth-order valence-electron chi connectivity index (χ4n) is 3.60. The number of nitrogens with zero attached hydrogens (tertiary/aromatic N) is 1. The average molecular weight is 593 g/mol. The average Bonchev–Trinajstić information content (AvgIpc) is 2.94. The summed E-state index contributed by atoms with van der Waals surface area (Å²) in [7, 11) is 1.36. The Morgan fingerprint density at radius 2 is 1.56 bits per heavy atom. The van der Waals surface area contributed by atoms with Gasteiger partial charge >= 0.3 is 18.2 Å². The summed E-state index contributed by atoms with van der Waals surface area (Å²) in [5, 5.41) is 7.18. The van der Waals surface area contributed by atoms with E-state index in [0.717, 1.165) is 37.8 Å². The van der Waals surface area contributed by atoms with Gasteiger partial charge in [0.1, 0.15) is 17.2 Å². The molecule has 0 saturated carbocycles. The van der Waals surface area contributed by atoms with E-state index >= 15 is 0 Å². The highest BCUT2D eigenvalue weighted by Crippen LogP contribution is 2.36. The molecule has 0 spiro atoms. The zero-order valence-electron chi connectivity index (χ0n) is 22.0. The lowest BCUT2D eigenvalue weighted by Crippen LogP contribution is -2.25. The van der Waals surface area contributed by atoms with Crippen LogP contribution in [0.15, 0.2) is 60.8 Å². The summed E-state index contributed by atoms with van der Waals surface area (Å²) in [4.78, 5) is 39.9. The molecule has 3 rings (SSSR count). The van der Waals surface area contributed by atoms with Crippen LogP contribution in [0.25, 0.3) is 0 Å². The number of anilines is 2. The van der Waals surface area contributed by atoms with E-state index in [-0.39, 0.29) is 23.3 Å². The maximum absolute atomic E-state index is 13.0. The molecule has 0 fully saturated rings. The molecule has 218 valence electrons. The number of hydrogen-bond acceptors (Lipinski definition) is 6. The van der Waals surface area contributed by atoms with Gasteiger partial charge in [0, 0.05) is 36.6 Å². The molecule has 2 aromatic carbocycles. The van der Waals surface area contributed by atoms with E-state index in [1.165, 1.54) is 37.6 Å². The van der Waals surface area contributed by atoms with Crippen molar-refractivity contribution in [3.8, 4) is 11.5 Å². The number of nitrogens with one attached hydrogen (secondary N) is 3. The van der Waals surface area contributed by atoms with E-state index in [9.17, 15) is 27.6 Å². The zero-order chi connectivity index (χ0) is 29.8. The number of methoxy groups -OCH3 is 1. The zero-order valence-corrected chi connectivity index (χ0v) is 22.8. The van der Waals surface area contributed by atoms with Gasteiger partial charge in [-0.1, -0.05) is 24.4 Å². The lowest BCUT2D eigenvalue weighted by Gasteiger charge is -2.12. The first-order chi connectivity index (χ1) is 19.5. The highest BCUT2D eigenvalue weighted by molar-refractivity contribution is 6.31. The number of ether oxygens (including phenoxy) is 2. The van der Waals surface area contributed by atoms with Crippen LogP contribution in [0.5, 0.6) is 11.5 Å². The van der Waals surface area contributed by atoms with Crippen molar-refractivity contribution in [1.82, 2.24) is 10.3 Å². The molecular weight excluding hydrogens is 565 g/mol. The highest BCUT2D eigenvalue weighted by atomic mass is 35.5. The predicted molar refractivity (Wildman–Crippen MR) is 147 cm³/mol. The van der Waals surface area contributed by atoms with Crippen LogP contribution >= 0.6 is 11.6 Å². The second-order valence-corrected chi connectivity index (χ2v) is 9.18. The number of carbonyl (C=O) groups excluding carboxylic acids is 3. The van der Waals surface area contributed by atoms with Crippen LogP contribution in [0.4, 0.5) is 29.3 Å². The fraction of sp³-hybridized carbons (Fsp3) is 0.286. The molecule has 0 aliphatic rings. The lowest BCUT2D eigenvalue weighted by molar-refractivity contribution is -0.140. The van der Waals surface area contributed by atoms with Crippen molar-refractivity contribution in [3.63, 3.8) is 0 Å². The van der Waals surface area contributed by atoms with Crippen LogP contribution in [0.3, 0.4) is 0 Å². The predicted octanol–water partition coefficient (Wildman–Crippen LogP) is 7.04. The molecule has 13 heteroatoms. The van der Waals surface area contributed by atoms with Crippen molar-refractivity contribution >= 4 is 40.9 Å². The third-order valence-electron chi connectivity index (χ3n) is 5.66. The van der Waals surface area contributed by atoms with Gasteiger partial charge in [-0.15, -0.1) is 0 Å². The Bertz CT molecular complexity index is 1350. The monoisotopic (exact) mass is 592 g/mol. The van der Waals surface area contributed by atoms with E-state index < -0.39 is 22.8 Å². The summed E-state index contributed by atoms with van der Waals surface area (Å²) in [5.41, 5.74) is -0.592. The normalized spacial score (nSPS) is 11.0. The molecule has 0 saturated heterocycles. The molecule has 1 heterocycles. The molecule has 3 aromatic rings. The number of amides is 3. The van der Waals surface area contributed by atoms with Gasteiger partial charge in [0.2, 0.25) is 0 Å². The lowest BCUT2D eigenvalue weighted by atomic mass is 10.1. The summed E-state index contributed by atoms with van der Waals surface area (Å²) in [5.74, 6) is 0.201. The smallest absolute Gasteiger partial charge is 0.417 e. The molecule has 3 amide bonds. The van der Waals surface area contributed by atoms with E-state index in [0.29, 0.717) is 30.2 Å². The minimum atomic E-state index is -4.66. The molecule has 9 nitrogen and oxygen atoms in total. The van der Waals surface area contributed by atoms with E-state index in [2.05, 4.69) is 25.7 Å². The summed E-state index contributed by atoms with van der Waals surface area (Å²) in [6.07, 6.45) is 0.384. The number of halogens is 4. The number of unbranched alkanes of at least 4 members (excludes halogenated alkanes) is 3. The number of carbonyl (C=O) groups is 3. The summed E-state index contributed by atoms with van der Waals surface area (Å²) < 4.78 is 49.5. The molecular formula is C28H28ClF3N4O5. The third kappa shape index (κ3) is 10.3. The molecule has 1 aromatic heterocycles. The van der Waals surface area contributed by atoms with Gasteiger partial charge in [-0.05, 0) is 61.4 Å². The van der Waals surface area contributed by atoms with Gasteiger partial charge in [0.25, 0.3) is 5.91 Å².